The maximum Gasteiger partial charge on any atom is 0.226 e. The fraction of sp³-hybridized carbons (Fsp3) is 0.909. The van der Waals surface area contributed by atoms with Crippen LogP contribution in [-0.2, 0) is 4.79 Å². The molecule has 3 rings (SSSR count). The number of amides is 1. The molecule has 84 valence electrons. The van der Waals surface area contributed by atoms with Gasteiger partial charge in [-0.15, -0.1) is 0 Å². The monoisotopic (exact) mass is 211 g/mol. The van der Waals surface area contributed by atoms with Crippen LogP contribution in [-0.4, -0.2) is 46.3 Å². The number of carbonyl (C=O) groups is 1. The summed E-state index contributed by atoms with van der Waals surface area (Å²) in [6.45, 7) is 0.631. The number of fused-ring (bicyclic) bond motifs is 1. The second-order valence-electron chi connectivity index (χ2n) is 5.16. The molecule has 0 radical (unpaired) electrons. The van der Waals surface area contributed by atoms with Crippen molar-refractivity contribution in [1.29, 1.82) is 0 Å². The number of β-amino-alcohol motifs (C(OH)–C–C–N with tert-alkyl or cyclic N) is 2. The quantitative estimate of drug-likeness (QED) is 0.620. The fourth-order valence-electron chi connectivity index (χ4n) is 3.35. The Hall–Kier alpha value is -0.610. The second-order valence-corrected chi connectivity index (χ2v) is 5.16. The molecule has 4 heteroatoms. The first-order chi connectivity index (χ1) is 7.18. The van der Waals surface area contributed by atoms with Crippen LogP contribution in [0.25, 0.3) is 0 Å². The van der Waals surface area contributed by atoms with E-state index in [1.54, 1.807) is 4.90 Å². The van der Waals surface area contributed by atoms with Gasteiger partial charge < -0.3 is 15.1 Å². The summed E-state index contributed by atoms with van der Waals surface area (Å²) in [6, 6.07) is 0. The lowest BCUT2D eigenvalue weighted by Crippen LogP contribution is -2.32. The molecule has 1 amide bonds. The summed E-state index contributed by atoms with van der Waals surface area (Å²) in [5.41, 5.74) is 0. The standard InChI is InChI=1S/C11H17NO3/c13-8-4-12(5-9(8)14)11(15)10-6-2-1-3-7(6)10/h6-10,13-14H,1-5H2/t6?,7?,8-,9+,10?. The maximum atomic E-state index is 12.0. The van der Waals surface area contributed by atoms with Gasteiger partial charge in [0.05, 0.1) is 12.2 Å². The predicted octanol–water partition coefficient (Wildman–Crippen LogP) is -0.404. The minimum atomic E-state index is -0.743. The van der Waals surface area contributed by atoms with E-state index < -0.39 is 12.2 Å². The number of carbonyl (C=O) groups excluding carboxylic acids is 1. The zero-order chi connectivity index (χ0) is 10.6. The first kappa shape index (κ1) is 9.60. The van der Waals surface area contributed by atoms with Gasteiger partial charge >= 0.3 is 0 Å². The molecule has 0 aromatic rings. The average Bonchev–Trinajstić information content (AvgIpc) is 2.59. The van der Waals surface area contributed by atoms with E-state index >= 15 is 0 Å². The van der Waals surface area contributed by atoms with Gasteiger partial charge in [-0.1, -0.05) is 6.42 Å². The van der Waals surface area contributed by atoms with Crippen molar-refractivity contribution in [2.75, 3.05) is 13.1 Å². The molecule has 4 atom stereocenters. The van der Waals surface area contributed by atoms with Gasteiger partial charge in [0.2, 0.25) is 5.91 Å². The molecule has 3 aliphatic rings. The van der Waals surface area contributed by atoms with Crippen LogP contribution < -0.4 is 0 Å². The summed E-state index contributed by atoms with van der Waals surface area (Å²) in [4.78, 5) is 13.7. The largest absolute Gasteiger partial charge is 0.388 e. The summed E-state index contributed by atoms with van der Waals surface area (Å²) in [7, 11) is 0. The fourth-order valence-corrected chi connectivity index (χ4v) is 3.35. The topological polar surface area (TPSA) is 60.8 Å². The first-order valence-corrected chi connectivity index (χ1v) is 5.83. The molecule has 1 aliphatic heterocycles. The van der Waals surface area contributed by atoms with Crippen LogP contribution in [0.15, 0.2) is 0 Å². The molecule has 0 spiro atoms. The molecular formula is C11H17NO3. The van der Waals surface area contributed by atoms with E-state index in [1.807, 2.05) is 0 Å². The van der Waals surface area contributed by atoms with Gasteiger partial charge in [-0.05, 0) is 24.7 Å². The van der Waals surface area contributed by atoms with E-state index in [4.69, 9.17) is 0 Å². The van der Waals surface area contributed by atoms with Crippen LogP contribution in [0.3, 0.4) is 0 Å². The molecular weight excluding hydrogens is 194 g/mol. The second kappa shape index (κ2) is 3.19. The Morgan fingerprint density at radius 3 is 2.13 bits per heavy atom. The number of hydrogen-bond acceptors (Lipinski definition) is 3. The molecule has 0 aromatic carbocycles. The Kier molecular flexibility index (Phi) is 2.04. The lowest BCUT2D eigenvalue weighted by atomic mass is 10.1. The van der Waals surface area contributed by atoms with Crippen molar-refractivity contribution in [1.82, 2.24) is 4.90 Å². The third-order valence-electron chi connectivity index (χ3n) is 4.26. The number of aliphatic hydroxyl groups excluding tert-OH is 2. The molecule has 3 fully saturated rings. The van der Waals surface area contributed by atoms with Gasteiger partial charge in [0, 0.05) is 19.0 Å². The highest BCUT2D eigenvalue weighted by molar-refractivity contribution is 5.83. The summed E-state index contributed by atoms with van der Waals surface area (Å²) in [5, 5.41) is 18.8. The SMILES string of the molecule is O=C(C1C2CCCC21)N1C[C@@H](O)[C@@H](O)C1. The molecule has 0 bridgehead atoms. The summed E-state index contributed by atoms with van der Waals surface area (Å²) < 4.78 is 0. The summed E-state index contributed by atoms with van der Waals surface area (Å²) in [5.74, 6) is 1.62. The number of nitrogens with zero attached hydrogens (tertiary/aromatic N) is 1. The van der Waals surface area contributed by atoms with E-state index in [-0.39, 0.29) is 11.8 Å². The third-order valence-corrected chi connectivity index (χ3v) is 4.26. The predicted molar refractivity (Wildman–Crippen MR) is 52.9 cm³/mol. The van der Waals surface area contributed by atoms with Crippen molar-refractivity contribution in [3.63, 3.8) is 0 Å². The Morgan fingerprint density at radius 2 is 1.60 bits per heavy atom. The van der Waals surface area contributed by atoms with Crippen LogP contribution in [0.4, 0.5) is 0 Å². The number of rotatable bonds is 1. The van der Waals surface area contributed by atoms with E-state index in [9.17, 15) is 15.0 Å². The van der Waals surface area contributed by atoms with Crippen LogP contribution in [0.2, 0.25) is 0 Å². The van der Waals surface area contributed by atoms with Crippen LogP contribution in [0.1, 0.15) is 19.3 Å². The van der Waals surface area contributed by atoms with Crippen LogP contribution in [0.5, 0.6) is 0 Å². The summed E-state index contributed by atoms with van der Waals surface area (Å²) in [6.07, 6.45) is 2.17. The zero-order valence-electron chi connectivity index (χ0n) is 8.67. The highest BCUT2D eigenvalue weighted by Crippen LogP contribution is 2.58. The number of likely N-dealkylation sites (tertiary alicyclic amines) is 1. The lowest BCUT2D eigenvalue weighted by molar-refractivity contribution is -0.132. The molecule has 1 heterocycles. The summed E-state index contributed by atoms with van der Waals surface area (Å²) >= 11 is 0. The average molecular weight is 211 g/mol. The minimum absolute atomic E-state index is 0.167. The Morgan fingerprint density at radius 1 is 1.07 bits per heavy atom. The van der Waals surface area contributed by atoms with Crippen molar-refractivity contribution >= 4 is 5.91 Å². The molecule has 0 aromatic heterocycles. The smallest absolute Gasteiger partial charge is 0.226 e. The highest BCUT2D eigenvalue weighted by Gasteiger charge is 2.58. The van der Waals surface area contributed by atoms with Crippen molar-refractivity contribution in [3.05, 3.63) is 0 Å². The van der Waals surface area contributed by atoms with Gasteiger partial charge in [-0.2, -0.15) is 0 Å². The number of aliphatic hydroxyl groups is 2. The molecule has 2 saturated carbocycles. The van der Waals surface area contributed by atoms with Gasteiger partial charge in [-0.3, -0.25) is 4.79 Å². The van der Waals surface area contributed by atoms with Gasteiger partial charge in [0.25, 0.3) is 0 Å². The van der Waals surface area contributed by atoms with Crippen molar-refractivity contribution in [2.24, 2.45) is 17.8 Å². The van der Waals surface area contributed by atoms with E-state index in [1.165, 1.54) is 19.3 Å². The number of hydrogen-bond donors (Lipinski definition) is 2. The minimum Gasteiger partial charge on any atom is -0.388 e. The van der Waals surface area contributed by atoms with Crippen molar-refractivity contribution < 1.29 is 15.0 Å². The van der Waals surface area contributed by atoms with Gasteiger partial charge in [0.15, 0.2) is 0 Å². The van der Waals surface area contributed by atoms with Gasteiger partial charge in [0.1, 0.15) is 0 Å². The van der Waals surface area contributed by atoms with Crippen LogP contribution in [0, 0.1) is 17.8 Å². The normalized spacial score (nSPS) is 48.1. The molecule has 1 saturated heterocycles. The van der Waals surface area contributed by atoms with Crippen molar-refractivity contribution in [2.45, 2.75) is 31.5 Å². The third kappa shape index (κ3) is 1.39. The zero-order valence-corrected chi connectivity index (χ0v) is 8.67. The maximum absolute atomic E-state index is 12.0. The highest BCUT2D eigenvalue weighted by atomic mass is 16.3. The van der Waals surface area contributed by atoms with Crippen LogP contribution >= 0.6 is 0 Å². The van der Waals surface area contributed by atoms with E-state index in [2.05, 4.69) is 0 Å². The lowest BCUT2D eigenvalue weighted by Gasteiger charge is -2.16. The van der Waals surface area contributed by atoms with E-state index in [0.29, 0.717) is 24.9 Å². The molecule has 4 nitrogen and oxygen atoms in total. The molecule has 2 unspecified atom stereocenters. The Balaban J connectivity index is 1.62. The van der Waals surface area contributed by atoms with Gasteiger partial charge in [-0.25, -0.2) is 0 Å². The Labute approximate surface area is 88.9 Å². The first-order valence-electron chi connectivity index (χ1n) is 5.83. The van der Waals surface area contributed by atoms with E-state index in [0.717, 1.165) is 0 Å². The molecule has 2 N–H and O–H groups in total. The van der Waals surface area contributed by atoms with Crippen molar-refractivity contribution in [3.8, 4) is 0 Å². The molecule has 15 heavy (non-hydrogen) atoms. The Bertz CT molecular complexity index is 274. The molecule has 2 aliphatic carbocycles.